The first-order valence-electron chi connectivity index (χ1n) is 7.18. The van der Waals surface area contributed by atoms with E-state index in [1.54, 1.807) is 16.7 Å². The summed E-state index contributed by atoms with van der Waals surface area (Å²) < 4.78 is 0. The second-order valence-electron chi connectivity index (χ2n) is 5.56. The highest BCUT2D eigenvalue weighted by Crippen LogP contribution is 2.14. The highest BCUT2D eigenvalue weighted by Gasteiger charge is 2.30. The van der Waals surface area contributed by atoms with Crippen LogP contribution in [0.25, 0.3) is 0 Å². The molecule has 2 rings (SSSR count). The zero-order chi connectivity index (χ0) is 14.7. The minimum Gasteiger partial charge on any atom is -0.480 e. The van der Waals surface area contributed by atoms with E-state index < -0.39 is 18.1 Å². The van der Waals surface area contributed by atoms with E-state index in [1.807, 2.05) is 4.90 Å². The van der Waals surface area contributed by atoms with Crippen molar-refractivity contribution in [3.05, 3.63) is 0 Å². The van der Waals surface area contributed by atoms with Gasteiger partial charge in [-0.1, -0.05) is 0 Å². The number of hydrogen-bond donors (Lipinski definition) is 2. The molecule has 0 aliphatic carbocycles. The molecule has 7 heteroatoms. The summed E-state index contributed by atoms with van der Waals surface area (Å²) in [5.41, 5.74) is 0. The van der Waals surface area contributed by atoms with Crippen LogP contribution in [0.3, 0.4) is 0 Å². The Hall–Kier alpha value is -1.34. The van der Waals surface area contributed by atoms with Gasteiger partial charge >= 0.3 is 12.0 Å². The molecule has 2 heterocycles. The molecule has 114 valence electrons. The number of carboxylic acid groups (broad SMARTS) is 1. The maximum absolute atomic E-state index is 12.3. The molecule has 2 unspecified atom stereocenters. The van der Waals surface area contributed by atoms with Crippen LogP contribution in [-0.2, 0) is 4.79 Å². The van der Waals surface area contributed by atoms with Crippen molar-refractivity contribution in [2.24, 2.45) is 0 Å². The molecule has 2 aliphatic rings. The van der Waals surface area contributed by atoms with Crippen molar-refractivity contribution in [1.29, 1.82) is 0 Å². The Morgan fingerprint density at radius 3 is 2.30 bits per heavy atom. The van der Waals surface area contributed by atoms with Gasteiger partial charge in [0.1, 0.15) is 6.04 Å². The van der Waals surface area contributed by atoms with Gasteiger partial charge in [0.2, 0.25) is 0 Å². The Kier molecular flexibility index (Phi) is 4.82. The number of piperazine rings is 1. The number of likely N-dealkylation sites (tertiary alicyclic amines) is 1. The molecule has 2 amide bonds. The molecule has 0 bridgehead atoms. The van der Waals surface area contributed by atoms with Crippen molar-refractivity contribution in [1.82, 2.24) is 14.7 Å². The van der Waals surface area contributed by atoms with Crippen LogP contribution in [0, 0.1) is 0 Å². The molecule has 2 atom stereocenters. The Morgan fingerprint density at radius 2 is 1.75 bits per heavy atom. The summed E-state index contributed by atoms with van der Waals surface area (Å²) in [6.45, 7) is 5.02. The lowest BCUT2D eigenvalue weighted by atomic mass is 10.1. The minimum atomic E-state index is -0.830. The summed E-state index contributed by atoms with van der Waals surface area (Å²) >= 11 is 0. The number of hydrogen-bond acceptors (Lipinski definition) is 4. The van der Waals surface area contributed by atoms with Gasteiger partial charge in [-0.05, 0) is 19.8 Å². The number of aliphatic hydroxyl groups excluding tert-OH is 1. The van der Waals surface area contributed by atoms with E-state index in [-0.39, 0.29) is 6.03 Å². The number of carbonyl (C=O) groups is 2. The van der Waals surface area contributed by atoms with Crippen molar-refractivity contribution in [3.63, 3.8) is 0 Å². The van der Waals surface area contributed by atoms with Gasteiger partial charge in [-0.3, -0.25) is 9.69 Å². The number of amides is 2. The number of nitrogens with zero attached hydrogens (tertiary/aromatic N) is 3. The van der Waals surface area contributed by atoms with Crippen molar-refractivity contribution in [3.8, 4) is 0 Å². The third kappa shape index (κ3) is 3.40. The Balaban J connectivity index is 1.84. The maximum Gasteiger partial charge on any atom is 0.320 e. The van der Waals surface area contributed by atoms with Crippen molar-refractivity contribution in [2.45, 2.75) is 31.9 Å². The Labute approximate surface area is 118 Å². The molecule has 0 radical (unpaired) electrons. The lowest BCUT2D eigenvalue weighted by molar-refractivity contribution is -0.143. The van der Waals surface area contributed by atoms with E-state index in [2.05, 4.69) is 0 Å². The first kappa shape index (κ1) is 15.1. The summed E-state index contributed by atoms with van der Waals surface area (Å²) in [6.07, 6.45) is 1.18. The summed E-state index contributed by atoms with van der Waals surface area (Å²) in [4.78, 5) is 28.6. The second kappa shape index (κ2) is 6.41. The molecule has 0 saturated carbocycles. The number of aliphatic hydroxyl groups is 1. The predicted molar refractivity (Wildman–Crippen MR) is 72.5 cm³/mol. The van der Waals surface area contributed by atoms with Crippen LogP contribution in [0.1, 0.15) is 19.8 Å². The highest BCUT2D eigenvalue weighted by molar-refractivity contribution is 5.75. The first-order chi connectivity index (χ1) is 9.49. The van der Waals surface area contributed by atoms with Crippen LogP contribution in [-0.4, -0.2) is 88.3 Å². The summed E-state index contributed by atoms with van der Waals surface area (Å²) in [6, 6.07) is -0.546. The molecule has 0 aromatic heterocycles. The van der Waals surface area contributed by atoms with Crippen LogP contribution in [0.5, 0.6) is 0 Å². The molecular formula is C13H23N3O4. The third-order valence-corrected chi connectivity index (χ3v) is 4.16. The van der Waals surface area contributed by atoms with Gasteiger partial charge in [-0.25, -0.2) is 4.79 Å². The van der Waals surface area contributed by atoms with Crippen LogP contribution >= 0.6 is 0 Å². The Morgan fingerprint density at radius 1 is 1.10 bits per heavy atom. The van der Waals surface area contributed by atoms with E-state index >= 15 is 0 Å². The van der Waals surface area contributed by atoms with Crippen molar-refractivity contribution < 1.29 is 19.8 Å². The number of urea groups is 1. The van der Waals surface area contributed by atoms with Crippen LogP contribution in [0.2, 0.25) is 0 Å². The average molecular weight is 285 g/mol. The molecule has 2 saturated heterocycles. The van der Waals surface area contributed by atoms with Crippen LogP contribution < -0.4 is 0 Å². The zero-order valence-electron chi connectivity index (χ0n) is 11.9. The first-order valence-corrected chi connectivity index (χ1v) is 7.18. The van der Waals surface area contributed by atoms with Gasteiger partial charge in [-0.2, -0.15) is 0 Å². The fourth-order valence-electron chi connectivity index (χ4n) is 2.79. The molecule has 2 fully saturated rings. The van der Waals surface area contributed by atoms with E-state index in [9.17, 15) is 14.7 Å². The van der Waals surface area contributed by atoms with E-state index in [4.69, 9.17) is 5.11 Å². The monoisotopic (exact) mass is 285 g/mol. The molecular weight excluding hydrogens is 262 g/mol. The molecule has 7 nitrogen and oxygen atoms in total. The van der Waals surface area contributed by atoms with Gasteiger partial charge in [0, 0.05) is 39.3 Å². The number of β-amino-alcohol motifs (C(OH)–C–C–N with tert-alkyl or cyclic N) is 1. The minimum absolute atomic E-state index is 0.0358. The molecule has 0 aromatic rings. The third-order valence-electron chi connectivity index (χ3n) is 4.16. The van der Waals surface area contributed by atoms with Crippen molar-refractivity contribution in [2.75, 3.05) is 39.3 Å². The van der Waals surface area contributed by atoms with E-state index in [1.165, 1.54) is 0 Å². The molecule has 0 spiro atoms. The number of rotatable bonds is 2. The smallest absolute Gasteiger partial charge is 0.320 e. The molecule has 2 N–H and O–H groups in total. The quantitative estimate of drug-likeness (QED) is 0.725. The van der Waals surface area contributed by atoms with Gasteiger partial charge in [0.05, 0.1) is 6.10 Å². The maximum atomic E-state index is 12.3. The molecule has 2 aliphatic heterocycles. The van der Waals surface area contributed by atoms with E-state index in [0.29, 0.717) is 39.3 Å². The van der Waals surface area contributed by atoms with Crippen LogP contribution in [0.15, 0.2) is 0 Å². The number of piperidine rings is 1. The average Bonchev–Trinajstić information content (AvgIpc) is 2.46. The second-order valence-corrected chi connectivity index (χ2v) is 5.56. The molecule has 0 aromatic carbocycles. The predicted octanol–water partition coefficient (Wildman–Crippen LogP) is -0.346. The van der Waals surface area contributed by atoms with Crippen LogP contribution in [0.4, 0.5) is 4.79 Å². The van der Waals surface area contributed by atoms with E-state index in [0.717, 1.165) is 12.8 Å². The number of carboxylic acids is 1. The standard InChI is InChI=1S/C13H23N3O4/c1-10(12(18)19)14-5-7-15(8-6-14)13(20)16-4-2-3-11(17)9-16/h10-11,17H,2-9H2,1H3,(H,18,19). The van der Waals surface area contributed by atoms with Crippen molar-refractivity contribution >= 4 is 12.0 Å². The zero-order valence-corrected chi connectivity index (χ0v) is 11.9. The van der Waals surface area contributed by atoms with Gasteiger partial charge in [0.15, 0.2) is 0 Å². The normalized spacial score (nSPS) is 26.4. The lowest BCUT2D eigenvalue weighted by Gasteiger charge is -2.40. The van der Waals surface area contributed by atoms with Gasteiger partial charge in [0.25, 0.3) is 0 Å². The largest absolute Gasteiger partial charge is 0.480 e. The summed E-state index contributed by atoms with van der Waals surface area (Å²) in [5.74, 6) is -0.830. The lowest BCUT2D eigenvalue weighted by Crippen LogP contribution is -2.57. The topological polar surface area (TPSA) is 84.3 Å². The van der Waals surface area contributed by atoms with Gasteiger partial charge < -0.3 is 20.0 Å². The number of aliphatic carboxylic acids is 1. The summed E-state index contributed by atoms with van der Waals surface area (Å²) in [7, 11) is 0. The van der Waals surface area contributed by atoms with Gasteiger partial charge in [-0.15, -0.1) is 0 Å². The Bertz CT molecular complexity index is 369. The number of carbonyl (C=O) groups excluding carboxylic acids is 1. The SMILES string of the molecule is CC(C(=O)O)N1CCN(C(=O)N2CCCC(O)C2)CC1. The fraction of sp³-hybridized carbons (Fsp3) is 0.846. The fourth-order valence-corrected chi connectivity index (χ4v) is 2.79. The summed E-state index contributed by atoms with van der Waals surface area (Å²) in [5, 5.41) is 18.6. The molecule has 20 heavy (non-hydrogen) atoms. The highest BCUT2D eigenvalue weighted by atomic mass is 16.4.